The Morgan fingerprint density at radius 2 is 2.10 bits per heavy atom. The van der Waals surface area contributed by atoms with Crippen LogP contribution in [0.25, 0.3) is 0 Å². The van der Waals surface area contributed by atoms with Gasteiger partial charge in [-0.05, 0) is 44.4 Å². The molecule has 1 aliphatic carbocycles. The van der Waals surface area contributed by atoms with Crippen molar-refractivity contribution in [3.63, 3.8) is 0 Å². The van der Waals surface area contributed by atoms with Crippen LogP contribution >= 0.6 is 0 Å². The van der Waals surface area contributed by atoms with Crippen LogP contribution in [0.4, 0.5) is 0 Å². The standard InChI is InChI=1S/C16H24N2O2/c1-11-7-8-15(19)13(9-11)16(20)18(2)14-6-4-3-5-12(14)10-17/h7-9,12,14,19H,3-6,10,17H2,1-2H3. The van der Waals surface area contributed by atoms with Crippen molar-refractivity contribution < 1.29 is 9.90 Å². The molecule has 0 spiro atoms. The van der Waals surface area contributed by atoms with Crippen LogP contribution in [0, 0.1) is 12.8 Å². The summed E-state index contributed by atoms with van der Waals surface area (Å²) < 4.78 is 0. The lowest BCUT2D eigenvalue weighted by Crippen LogP contribution is -2.45. The summed E-state index contributed by atoms with van der Waals surface area (Å²) in [6.07, 6.45) is 4.41. The van der Waals surface area contributed by atoms with Crippen molar-refractivity contribution in [2.45, 2.75) is 38.6 Å². The van der Waals surface area contributed by atoms with Gasteiger partial charge in [0.1, 0.15) is 5.75 Å². The topological polar surface area (TPSA) is 66.6 Å². The Labute approximate surface area is 120 Å². The molecular formula is C16H24N2O2. The average Bonchev–Trinajstić information content (AvgIpc) is 2.48. The van der Waals surface area contributed by atoms with Gasteiger partial charge in [0.15, 0.2) is 0 Å². The maximum atomic E-state index is 12.6. The van der Waals surface area contributed by atoms with Gasteiger partial charge in [-0.15, -0.1) is 0 Å². The Balaban J connectivity index is 2.21. The van der Waals surface area contributed by atoms with Gasteiger partial charge >= 0.3 is 0 Å². The quantitative estimate of drug-likeness (QED) is 0.890. The number of phenols is 1. The second kappa shape index (κ2) is 6.27. The molecule has 1 aromatic rings. The lowest BCUT2D eigenvalue weighted by atomic mass is 9.83. The average molecular weight is 276 g/mol. The fourth-order valence-corrected chi connectivity index (χ4v) is 3.13. The molecule has 0 aromatic heterocycles. The number of nitrogens with two attached hydrogens (primary N) is 1. The molecule has 2 atom stereocenters. The Bertz CT molecular complexity index is 487. The van der Waals surface area contributed by atoms with Gasteiger partial charge in [0.25, 0.3) is 5.91 Å². The largest absolute Gasteiger partial charge is 0.507 e. The molecule has 4 nitrogen and oxygen atoms in total. The van der Waals surface area contributed by atoms with Gasteiger partial charge in [-0.3, -0.25) is 4.79 Å². The molecule has 1 fully saturated rings. The van der Waals surface area contributed by atoms with Crippen LogP contribution in [-0.2, 0) is 0 Å². The molecule has 1 amide bonds. The molecule has 1 saturated carbocycles. The third-order valence-corrected chi connectivity index (χ3v) is 4.37. The fourth-order valence-electron chi connectivity index (χ4n) is 3.13. The summed E-state index contributed by atoms with van der Waals surface area (Å²) >= 11 is 0. The number of benzene rings is 1. The molecular weight excluding hydrogens is 252 g/mol. The number of aromatic hydroxyl groups is 1. The summed E-state index contributed by atoms with van der Waals surface area (Å²) in [5.74, 6) is 0.300. The highest BCUT2D eigenvalue weighted by Gasteiger charge is 2.31. The van der Waals surface area contributed by atoms with E-state index in [1.54, 1.807) is 23.1 Å². The van der Waals surface area contributed by atoms with Crippen LogP contribution < -0.4 is 5.73 Å². The first kappa shape index (κ1) is 14.9. The Morgan fingerprint density at radius 1 is 1.40 bits per heavy atom. The van der Waals surface area contributed by atoms with Crippen LogP contribution in [0.2, 0.25) is 0 Å². The number of rotatable bonds is 3. The van der Waals surface area contributed by atoms with Crippen LogP contribution in [0.1, 0.15) is 41.6 Å². The van der Waals surface area contributed by atoms with Crippen molar-refractivity contribution in [2.75, 3.05) is 13.6 Å². The second-order valence-electron chi connectivity index (χ2n) is 5.78. The fraction of sp³-hybridized carbons (Fsp3) is 0.562. The zero-order valence-corrected chi connectivity index (χ0v) is 12.3. The van der Waals surface area contributed by atoms with Crippen molar-refractivity contribution in [1.82, 2.24) is 4.90 Å². The van der Waals surface area contributed by atoms with Crippen molar-refractivity contribution in [3.05, 3.63) is 29.3 Å². The molecule has 0 saturated heterocycles. The van der Waals surface area contributed by atoms with E-state index in [0.717, 1.165) is 24.8 Å². The maximum absolute atomic E-state index is 12.6. The smallest absolute Gasteiger partial charge is 0.257 e. The number of nitrogens with zero attached hydrogens (tertiary/aromatic N) is 1. The Morgan fingerprint density at radius 3 is 2.80 bits per heavy atom. The first-order valence-electron chi connectivity index (χ1n) is 7.31. The zero-order valence-electron chi connectivity index (χ0n) is 12.3. The van der Waals surface area contributed by atoms with Gasteiger partial charge in [0, 0.05) is 13.1 Å². The molecule has 0 bridgehead atoms. The summed E-state index contributed by atoms with van der Waals surface area (Å²) in [6.45, 7) is 2.53. The molecule has 0 aliphatic heterocycles. The van der Waals surface area contributed by atoms with Crippen LogP contribution in [0.5, 0.6) is 5.75 Å². The number of carbonyl (C=O) groups excluding carboxylic acids is 1. The first-order chi connectivity index (χ1) is 9.54. The predicted molar refractivity (Wildman–Crippen MR) is 79.7 cm³/mol. The Kier molecular flexibility index (Phi) is 4.65. The SMILES string of the molecule is Cc1ccc(O)c(C(=O)N(C)C2CCCCC2CN)c1. The molecule has 3 N–H and O–H groups in total. The van der Waals surface area contributed by atoms with E-state index >= 15 is 0 Å². The van der Waals surface area contributed by atoms with Crippen molar-refractivity contribution >= 4 is 5.91 Å². The third kappa shape index (κ3) is 2.96. The van der Waals surface area contributed by atoms with Gasteiger partial charge in [-0.25, -0.2) is 0 Å². The zero-order chi connectivity index (χ0) is 14.7. The summed E-state index contributed by atoms with van der Waals surface area (Å²) in [6, 6.07) is 5.31. The number of amides is 1. The van der Waals surface area contributed by atoms with Crippen LogP contribution in [0.15, 0.2) is 18.2 Å². The lowest BCUT2D eigenvalue weighted by molar-refractivity contribution is 0.0617. The summed E-state index contributed by atoms with van der Waals surface area (Å²) in [5.41, 5.74) is 7.19. The molecule has 2 unspecified atom stereocenters. The van der Waals surface area contributed by atoms with E-state index in [-0.39, 0.29) is 17.7 Å². The number of phenolic OH excluding ortho intramolecular Hbond substituents is 1. The minimum Gasteiger partial charge on any atom is -0.507 e. The van der Waals surface area contributed by atoms with Gasteiger partial charge in [0.05, 0.1) is 5.56 Å². The summed E-state index contributed by atoms with van der Waals surface area (Å²) in [7, 11) is 1.82. The monoisotopic (exact) mass is 276 g/mol. The number of hydrogen-bond donors (Lipinski definition) is 2. The van der Waals surface area contributed by atoms with Gasteiger partial charge in [0.2, 0.25) is 0 Å². The molecule has 1 aromatic carbocycles. The number of carbonyl (C=O) groups is 1. The highest BCUT2D eigenvalue weighted by Crippen LogP contribution is 2.29. The molecule has 110 valence electrons. The van der Waals surface area contributed by atoms with Crippen LogP contribution in [0.3, 0.4) is 0 Å². The van der Waals surface area contributed by atoms with E-state index in [0.29, 0.717) is 18.0 Å². The van der Waals surface area contributed by atoms with E-state index in [2.05, 4.69) is 0 Å². The van der Waals surface area contributed by atoms with E-state index in [9.17, 15) is 9.90 Å². The number of aryl methyl sites for hydroxylation is 1. The normalized spacial score (nSPS) is 22.6. The second-order valence-corrected chi connectivity index (χ2v) is 5.78. The minimum absolute atomic E-state index is 0.0487. The molecule has 2 rings (SSSR count). The predicted octanol–water partition coefficient (Wildman–Crippen LogP) is 2.29. The third-order valence-electron chi connectivity index (χ3n) is 4.37. The molecule has 4 heteroatoms. The van der Waals surface area contributed by atoms with Crippen LogP contribution in [-0.4, -0.2) is 35.5 Å². The molecule has 20 heavy (non-hydrogen) atoms. The van der Waals surface area contributed by atoms with Gasteiger partial charge < -0.3 is 15.7 Å². The van der Waals surface area contributed by atoms with Gasteiger partial charge in [-0.2, -0.15) is 0 Å². The number of hydrogen-bond acceptors (Lipinski definition) is 3. The van der Waals surface area contributed by atoms with Crippen molar-refractivity contribution in [1.29, 1.82) is 0 Å². The molecule has 0 heterocycles. The summed E-state index contributed by atoms with van der Waals surface area (Å²) in [4.78, 5) is 14.4. The van der Waals surface area contributed by atoms with Crippen molar-refractivity contribution in [2.24, 2.45) is 11.7 Å². The van der Waals surface area contributed by atoms with E-state index in [1.165, 1.54) is 6.42 Å². The van der Waals surface area contributed by atoms with E-state index < -0.39 is 0 Å². The summed E-state index contributed by atoms with van der Waals surface area (Å²) in [5, 5.41) is 9.90. The van der Waals surface area contributed by atoms with E-state index in [4.69, 9.17) is 5.73 Å². The first-order valence-corrected chi connectivity index (χ1v) is 7.31. The highest BCUT2D eigenvalue weighted by molar-refractivity contribution is 5.97. The highest BCUT2D eigenvalue weighted by atomic mass is 16.3. The van der Waals surface area contributed by atoms with E-state index in [1.807, 2.05) is 14.0 Å². The molecule has 0 radical (unpaired) electrons. The molecule has 1 aliphatic rings. The lowest BCUT2D eigenvalue weighted by Gasteiger charge is -2.37. The Hall–Kier alpha value is -1.55. The maximum Gasteiger partial charge on any atom is 0.257 e. The van der Waals surface area contributed by atoms with Crippen molar-refractivity contribution in [3.8, 4) is 5.75 Å². The van der Waals surface area contributed by atoms with Gasteiger partial charge in [-0.1, -0.05) is 24.5 Å². The minimum atomic E-state index is -0.114.